The topological polar surface area (TPSA) is 61.8 Å². The molecule has 0 aliphatic rings. The molecule has 0 bridgehead atoms. The molecule has 0 fully saturated rings. The Balaban J connectivity index is 4.22. The van der Waals surface area contributed by atoms with Gasteiger partial charge in [0.25, 0.3) is 0 Å². The number of carbonyl (C=O) groups is 2. The standard InChI is InChI=1S/C55H100O5/c1-4-7-10-13-16-19-22-25-26-27-28-29-30-32-33-36-39-42-45-48-54(56)59-52-53(51-58-50-47-44-41-38-35-24-21-18-15-12-9-6-3)60-55(57)49-46-43-40-37-34-31-23-20-17-14-11-8-5-2/h11,14-15,18,20,23,25-26,53H,4-10,12-13,16-17,19,21-22,24,27-52H2,1-3H3/b14-11-,18-15-,23-20-,26-25-. The van der Waals surface area contributed by atoms with Crippen molar-refractivity contribution in [1.29, 1.82) is 0 Å². The quantitative estimate of drug-likeness (QED) is 0.0347. The molecule has 0 spiro atoms. The Labute approximate surface area is 373 Å². The van der Waals surface area contributed by atoms with Crippen molar-refractivity contribution in [3.63, 3.8) is 0 Å². The van der Waals surface area contributed by atoms with Crippen LogP contribution in [0.1, 0.15) is 265 Å². The van der Waals surface area contributed by atoms with Gasteiger partial charge in [-0.3, -0.25) is 9.59 Å². The predicted octanol–water partition coefficient (Wildman–Crippen LogP) is 17.6. The van der Waals surface area contributed by atoms with E-state index in [1.807, 2.05) is 0 Å². The largest absolute Gasteiger partial charge is 0.462 e. The summed E-state index contributed by atoms with van der Waals surface area (Å²) in [7, 11) is 0. The average molecular weight is 841 g/mol. The molecule has 5 nitrogen and oxygen atoms in total. The van der Waals surface area contributed by atoms with E-state index in [1.54, 1.807) is 0 Å². The Morgan fingerprint density at radius 1 is 0.367 bits per heavy atom. The van der Waals surface area contributed by atoms with Crippen molar-refractivity contribution in [3.8, 4) is 0 Å². The molecule has 1 unspecified atom stereocenters. The molecule has 0 amide bonds. The zero-order valence-electron chi connectivity index (χ0n) is 40.2. The number of carbonyl (C=O) groups excluding carboxylic acids is 2. The first-order valence-electron chi connectivity index (χ1n) is 26.2. The van der Waals surface area contributed by atoms with Gasteiger partial charge in [-0.1, -0.05) is 211 Å². The second-order valence-electron chi connectivity index (χ2n) is 17.4. The van der Waals surface area contributed by atoms with Crippen molar-refractivity contribution in [2.75, 3.05) is 19.8 Å². The summed E-state index contributed by atoms with van der Waals surface area (Å²) in [5.74, 6) is -0.411. The molecule has 60 heavy (non-hydrogen) atoms. The van der Waals surface area contributed by atoms with E-state index in [0.29, 0.717) is 19.4 Å². The van der Waals surface area contributed by atoms with Crippen LogP contribution in [0.4, 0.5) is 0 Å². The molecule has 0 heterocycles. The summed E-state index contributed by atoms with van der Waals surface area (Å²) in [6.07, 6.45) is 62.6. The van der Waals surface area contributed by atoms with E-state index in [9.17, 15) is 9.59 Å². The molecule has 0 aliphatic heterocycles. The molecule has 0 N–H and O–H groups in total. The molecule has 0 radical (unpaired) electrons. The summed E-state index contributed by atoms with van der Waals surface area (Å²) in [5.41, 5.74) is 0. The van der Waals surface area contributed by atoms with Crippen LogP contribution in [0.3, 0.4) is 0 Å². The van der Waals surface area contributed by atoms with Crippen LogP contribution in [0.15, 0.2) is 48.6 Å². The van der Waals surface area contributed by atoms with Gasteiger partial charge >= 0.3 is 11.9 Å². The van der Waals surface area contributed by atoms with Crippen molar-refractivity contribution in [2.24, 2.45) is 0 Å². The molecule has 0 aromatic rings. The SMILES string of the molecule is CCC/C=C\C/C=C\CCCCCCCC(=O)OC(COCCCCCCCC/C=C\CCCC)COC(=O)CCCCCCCCCCC/C=C\CCCCCCCC. The van der Waals surface area contributed by atoms with Crippen LogP contribution in [0.2, 0.25) is 0 Å². The zero-order valence-corrected chi connectivity index (χ0v) is 40.2. The molecule has 1 atom stereocenters. The minimum atomic E-state index is -0.545. The highest BCUT2D eigenvalue weighted by molar-refractivity contribution is 5.70. The maximum atomic E-state index is 12.8. The Kier molecular flexibility index (Phi) is 49.4. The van der Waals surface area contributed by atoms with Crippen molar-refractivity contribution in [1.82, 2.24) is 0 Å². The third-order valence-corrected chi connectivity index (χ3v) is 11.3. The second-order valence-corrected chi connectivity index (χ2v) is 17.4. The van der Waals surface area contributed by atoms with Crippen LogP contribution in [0.25, 0.3) is 0 Å². The Bertz CT molecular complexity index is 997. The summed E-state index contributed by atoms with van der Waals surface area (Å²) in [4.78, 5) is 25.4. The van der Waals surface area contributed by atoms with E-state index in [2.05, 4.69) is 69.4 Å². The van der Waals surface area contributed by atoms with Crippen molar-refractivity contribution in [3.05, 3.63) is 48.6 Å². The van der Waals surface area contributed by atoms with E-state index < -0.39 is 6.10 Å². The first kappa shape index (κ1) is 57.9. The maximum absolute atomic E-state index is 12.8. The fourth-order valence-corrected chi connectivity index (χ4v) is 7.35. The molecule has 350 valence electrons. The van der Waals surface area contributed by atoms with Crippen molar-refractivity contribution >= 4 is 11.9 Å². The molecule has 0 rings (SSSR count). The summed E-state index contributed by atoms with van der Waals surface area (Å²) in [5, 5.41) is 0. The first-order valence-corrected chi connectivity index (χ1v) is 26.2. The van der Waals surface area contributed by atoms with E-state index in [4.69, 9.17) is 14.2 Å². The van der Waals surface area contributed by atoms with Crippen molar-refractivity contribution in [2.45, 2.75) is 271 Å². The Morgan fingerprint density at radius 3 is 1.23 bits per heavy atom. The highest BCUT2D eigenvalue weighted by atomic mass is 16.6. The third-order valence-electron chi connectivity index (χ3n) is 11.3. The Morgan fingerprint density at radius 2 is 0.750 bits per heavy atom. The number of hydrogen-bond acceptors (Lipinski definition) is 5. The van der Waals surface area contributed by atoms with E-state index >= 15 is 0 Å². The van der Waals surface area contributed by atoms with Crippen LogP contribution >= 0.6 is 0 Å². The minimum absolute atomic E-state index is 0.0777. The minimum Gasteiger partial charge on any atom is -0.462 e. The lowest BCUT2D eigenvalue weighted by molar-refractivity contribution is -0.163. The summed E-state index contributed by atoms with van der Waals surface area (Å²) in [6.45, 7) is 7.73. The lowest BCUT2D eigenvalue weighted by Gasteiger charge is -2.18. The molecule has 0 aliphatic carbocycles. The first-order chi connectivity index (χ1) is 29.6. The van der Waals surface area contributed by atoms with Crippen LogP contribution in [0, 0.1) is 0 Å². The highest BCUT2D eigenvalue weighted by Crippen LogP contribution is 2.14. The van der Waals surface area contributed by atoms with Gasteiger partial charge in [0.05, 0.1) is 6.61 Å². The monoisotopic (exact) mass is 841 g/mol. The lowest BCUT2D eigenvalue weighted by atomic mass is 10.1. The van der Waals surface area contributed by atoms with E-state index in [-0.39, 0.29) is 25.2 Å². The van der Waals surface area contributed by atoms with Gasteiger partial charge in [0, 0.05) is 19.4 Å². The molecule has 0 aromatic heterocycles. The molecule has 0 aromatic carbocycles. The van der Waals surface area contributed by atoms with E-state index in [0.717, 1.165) is 57.8 Å². The van der Waals surface area contributed by atoms with Gasteiger partial charge in [0.2, 0.25) is 0 Å². The van der Waals surface area contributed by atoms with Gasteiger partial charge in [-0.15, -0.1) is 0 Å². The van der Waals surface area contributed by atoms with Gasteiger partial charge in [-0.05, 0) is 89.9 Å². The molecular weight excluding hydrogens is 741 g/mol. The molecule has 0 saturated heterocycles. The van der Waals surface area contributed by atoms with E-state index in [1.165, 1.54) is 173 Å². The van der Waals surface area contributed by atoms with Crippen LogP contribution in [-0.2, 0) is 23.8 Å². The number of esters is 2. The van der Waals surface area contributed by atoms with Gasteiger partial charge in [0.15, 0.2) is 6.10 Å². The van der Waals surface area contributed by atoms with Crippen LogP contribution in [-0.4, -0.2) is 37.9 Å². The summed E-state index contributed by atoms with van der Waals surface area (Å²) >= 11 is 0. The molecule has 5 heteroatoms. The summed E-state index contributed by atoms with van der Waals surface area (Å²) in [6, 6.07) is 0. The molecule has 0 saturated carbocycles. The summed E-state index contributed by atoms with van der Waals surface area (Å²) < 4.78 is 17.4. The number of ether oxygens (including phenoxy) is 3. The lowest BCUT2D eigenvalue weighted by Crippen LogP contribution is -2.30. The van der Waals surface area contributed by atoms with Gasteiger partial charge < -0.3 is 14.2 Å². The molecular formula is C55H100O5. The zero-order chi connectivity index (χ0) is 43.5. The van der Waals surface area contributed by atoms with Crippen LogP contribution in [0.5, 0.6) is 0 Å². The number of unbranched alkanes of at least 4 members (excludes halogenated alkanes) is 29. The smallest absolute Gasteiger partial charge is 0.306 e. The average Bonchev–Trinajstić information content (AvgIpc) is 3.25. The number of hydrogen-bond donors (Lipinski definition) is 0. The fourth-order valence-electron chi connectivity index (χ4n) is 7.35. The van der Waals surface area contributed by atoms with Gasteiger partial charge in [-0.25, -0.2) is 0 Å². The second kappa shape index (κ2) is 51.2. The number of rotatable bonds is 48. The van der Waals surface area contributed by atoms with Gasteiger partial charge in [-0.2, -0.15) is 0 Å². The third kappa shape index (κ3) is 48.5. The Hall–Kier alpha value is -2.14. The number of allylic oxidation sites excluding steroid dienone is 8. The highest BCUT2D eigenvalue weighted by Gasteiger charge is 2.17. The predicted molar refractivity (Wildman–Crippen MR) is 261 cm³/mol. The van der Waals surface area contributed by atoms with Crippen molar-refractivity contribution < 1.29 is 23.8 Å². The van der Waals surface area contributed by atoms with Crippen LogP contribution < -0.4 is 0 Å². The fraction of sp³-hybridized carbons (Fsp3) is 0.818. The maximum Gasteiger partial charge on any atom is 0.306 e. The van der Waals surface area contributed by atoms with Gasteiger partial charge in [0.1, 0.15) is 6.61 Å². The normalized spacial score (nSPS) is 12.5.